The molecule has 0 unspecified atom stereocenters. The molecule has 0 amide bonds. The molecule has 0 spiro atoms. The molecular formula is C22H34BrFSi. The molecule has 1 aliphatic heterocycles. The van der Waals surface area contributed by atoms with Crippen LogP contribution < -0.4 is 0 Å². The molecule has 1 aliphatic carbocycles. The molecular weight excluding hydrogens is 391 g/mol. The molecule has 1 saturated carbocycles. The van der Waals surface area contributed by atoms with Crippen LogP contribution in [0.4, 0.5) is 4.39 Å². The fourth-order valence-electron chi connectivity index (χ4n) is 5.24. The van der Waals surface area contributed by atoms with Gasteiger partial charge in [0, 0.05) is 8.80 Å². The van der Waals surface area contributed by atoms with Gasteiger partial charge in [-0.25, -0.2) is 4.39 Å². The molecule has 25 heavy (non-hydrogen) atoms. The van der Waals surface area contributed by atoms with E-state index in [9.17, 15) is 4.39 Å². The Labute approximate surface area is 163 Å². The Kier molecular flexibility index (Phi) is 7.60. The van der Waals surface area contributed by atoms with Crippen LogP contribution in [0.5, 0.6) is 0 Å². The lowest BCUT2D eigenvalue weighted by Gasteiger charge is -2.32. The van der Waals surface area contributed by atoms with Gasteiger partial charge in [-0.2, -0.15) is 0 Å². The van der Waals surface area contributed by atoms with Crippen molar-refractivity contribution in [3.63, 3.8) is 0 Å². The molecule has 1 saturated heterocycles. The van der Waals surface area contributed by atoms with Gasteiger partial charge in [0.25, 0.3) is 0 Å². The van der Waals surface area contributed by atoms with E-state index in [1.165, 1.54) is 50.5 Å². The summed E-state index contributed by atoms with van der Waals surface area (Å²) in [6, 6.07) is 10.6. The van der Waals surface area contributed by atoms with Crippen molar-refractivity contribution in [3.8, 4) is 0 Å². The molecule has 0 atom stereocenters. The second-order valence-electron chi connectivity index (χ2n) is 8.64. The summed E-state index contributed by atoms with van der Waals surface area (Å²) in [4.78, 5) is 0. The standard InChI is InChI=1S/C22H34BrFSi/c1-2-13-25-14-11-18(12-15-25)4-3-17-5-7-19(8-6-17)20-9-10-21(23)22(24)16-20/h9-10,16-19,25H,2-8,11-15H2,1H3/t17-,18?,19-,25?. The van der Waals surface area contributed by atoms with E-state index >= 15 is 0 Å². The number of hydrogen-bond acceptors (Lipinski definition) is 0. The van der Waals surface area contributed by atoms with Crippen LogP contribution >= 0.6 is 15.9 Å². The van der Waals surface area contributed by atoms with Crippen LogP contribution in [-0.2, 0) is 0 Å². The molecule has 2 fully saturated rings. The van der Waals surface area contributed by atoms with Gasteiger partial charge in [-0.15, -0.1) is 0 Å². The highest BCUT2D eigenvalue weighted by Crippen LogP contribution is 2.40. The summed E-state index contributed by atoms with van der Waals surface area (Å²) in [5, 5.41) is 0. The summed E-state index contributed by atoms with van der Waals surface area (Å²) in [6.07, 6.45) is 12.7. The lowest BCUT2D eigenvalue weighted by molar-refractivity contribution is 0.280. The molecule has 3 rings (SSSR count). The van der Waals surface area contributed by atoms with Gasteiger partial charge in [0.2, 0.25) is 0 Å². The molecule has 1 heterocycles. The Morgan fingerprint density at radius 1 is 1.00 bits per heavy atom. The average Bonchev–Trinajstić information content (AvgIpc) is 2.64. The van der Waals surface area contributed by atoms with Crippen LogP contribution in [0.25, 0.3) is 0 Å². The summed E-state index contributed by atoms with van der Waals surface area (Å²) >= 11 is 3.26. The smallest absolute Gasteiger partial charge is 0.137 e. The number of rotatable bonds is 6. The van der Waals surface area contributed by atoms with Gasteiger partial charge >= 0.3 is 0 Å². The first kappa shape index (κ1) is 19.6. The lowest BCUT2D eigenvalue weighted by Crippen LogP contribution is -2.22. The predicted octanol–water partition coefficient (Wildman–Crippen LogP) is 7.69. The first-order valence-corrected chi connectivity index (χ1v) is 13.8. The minimum absolute atomic E-state index is 0.109. The minimum Gasteiger partial charge on any atom is -0.206 e. The van der Waals surface area contributed by atoms with Crippen LogP contribution in [0.1, 0.15) is 76.2 Å². The van der Waals surface area contributed by atoms with E-state index < -0.39 is 0 Å². The number of benzene rings is 1. The Balaban J connectivity index is 1.37. The largest absolute Gasteiger partial charge is 0.206 e. The monoisotopic (exact) mass is 424 g/mol. The molecule has 0 radical (unpaired) electrons. The van der Waals surface area contributed by atoms with Gasteiger partial charge in [0.15, 0.2) is 0 Å². The van der Waals surface area contributed by atoms with Gasteiger partial charge < -0.3 is 0 Å². The highest BCUT2D eigenvalue weighted by molar-refractivity contribution is 9.10. The van der Waals surface area contributed by atoms with Crippen molar-refractivity contribution in [2.75, 3.05) is 0 Å². The molecule has 0 bridgehead atoms. The highest BCUT2D eigenvalue weighted by Gasteiger charge is 2.25. The third-order valence-corrected chi connectivity index (χ3v) is 11.2. The third-order valence-electron chi connectivity index (χ3n) is 6.91. The molecule has 1 aromatic carbocycles. The Hall–Kier alpha value is -0.153. The van der Waals surface area contributed by atoms with Gasteiger partial charge in [-0.3, -0.25) is 0 Å². The Bertz CT molecular complexity index is 531. The van der Waals surface area contributed by atoms with Crippen LogP contribution in [0, 0.1) is 17.7 Å². The topological polar surface area (TPSA) is 0 Å². The third kappa shape index (κ3) is 5.66. The van der Waals surface area contributed by atoms with E-state index in [-0.39, 0.29) is 14.6 Å². The van der Waals surface area contributed by atoms with Crippen LogP contribution in [0.2, 0.25) is 18.1 Å². The average molecular weight is 426 g/mol. The molecule has 1 aromatic rings. The second kappa shape index (κ2) is 9.69. The van der Waals surface area contributed by atoms with Crippen molar-refractivity contribution < 1.29 is 4.39 Å². The lowest BCUT2D eigenvalue weighted by atomic mass is 9.76. The Morgan fingerprint density at radius 2 is 1.64 bits per heavy atom. The zero-order valence-electron chi connectivity index (χ0n) is 15.8. The van der Waals surface area contributed by atoms with Gasteiger partial charge in [0.1, 0.15) is 5.82 Å². The first-order chi connectivity index (χ1) is 12.2. The molecule has 0 aromatic heterocycles. The van der Waals surface area contributed by atoms with Crippen molar-refractivity contribution >= 4 is 24.7 Å². The van der Waals surface area contributed by atoms with E-state index in [0.29, 0.717) is 10.4 Å². The van der Waals surface area contributed by atoms with E-state index in [4.69, 9.17) is 0 Å². The fourth-order valence-corrected chi connectivity index (χ4v) is 9.05. The molecule has 0 nitrogen and oxygen atoms in total. The second-order valence-corrected chi connectivity index (χ2v) is 13.0. The summed E-state index contributed by atoms with van der Waals surface area (Å²) in [5.41, 5.74) is 1.21. The quantitative estimate of drug-likeness (QED) is 0.410. The maximum atomic E-state index is 13.8. The normalized spacial score (nSPS) is 30.4. The maximum absolute atomic E-state index is 13.8. The SMILES string of the molecule is CCC[SiH]1CCC(CC[C@H]2CC[C@H](c3ccc(Br)c(F)c3)CC2)CC1. The van der Waals surface area contributed by atoms with E-state index in [0.717, 1.165) is 11.8 Å². The number of halogens is 2. The van der Waals surface area contributed by atoms with Crippen LogP contribution in [0.15, 0.2) is 22.7 Å². The number of hydrogen-bond donors (Lipinski definition) is 0. The van der Waals surface area contributed by atoms with Crippen LogP contribution in [0.3, 0.4) is 0 Å². The van der Waals surface area contributed by atoms with Gasteiger partial charge in [-0.05, 0) is 77.1 Å². The molecule has 2 aliphatic rings. The summed E-state index contributed by atoms with van der Waals surface area (Å²) in [5.74, 6) is 2.44. The highest BCUT2D eigenvalue weighted by atomic mass is 79.9. The van der Waals surface area contributed by atoms with Crippen molar-refractivity contribution in [2.45, 2.75) is 88.8 Å². The Morgan fingerprint density at radius 3 is 2.24 bits per heavy atom. The molecule has 140 valence electrons. The molecule has 3 heteroatoms. The maximum Gasteiger partial charge on any atom is 0.137 e. The minimum atomic E-state index is -0.309. The summed E-state index contributed by atoms with van der Waals surface area (Å²) in [6.45, 7) is 2.36. The van der Waals surface area contributed by atoms with E-state index in [2.05, 4.69) is 28.9 Å². The van der Waals surface area contributed by atoms with Crippen LogP contribution in [-0.4, -0.2) is 8.80 Å². The zero-order chi connectivity index (χ0) is 17.6. The van der Waals surface area contributed by atoms with Crippen molar-refractivity contribution in [3.05, 3.63) is 34.1 Å². The van der Waals surface area contributed by atoms with Crippen molar-refractivity contribution in [2.24, 2.45) is 11.8 Å². The fraction of sp³-hybridized carbons (Fsp3) is 0.727. The van der Waals surface area contributed by atoms with Gasteiger partial charge in [0.05, 0.1) is 4.47 Å². The van der Waals surface area contributed by atoms with E-state index in [1.54, 1.807) is 37.0 Å². The molecule has 0 N–H and O–H groups in total. The summed E-state index contributed by atoms with van der Waals surface area (Å²) < 4.78 is 14.4. The summed E-state index contributed by atoms with van der Waals surface area (Å²) in [7, 11) is -0.309. The predicted molar refractivity (Wildman–Crippen MR) is 113 cm³/mol. The first-order valence-electron chi connectivity index (χ1n) is 10.6. The zero-order valence-corrected chi connectivity index (χ0v) is 18.5. The van der Waals surface area contributed by atoms with Crippen molar-refractivity contribution in [1.82, 2.24) is 0 Å². The van der Waals surface area contributed by atoms with E-state index in [1.807, 2.05) is 6.07 Å². The van der Waals surface area contributed by atoms with Crippen molar-refractivity contribution in [1.29, 1.82) is 0 Å². The van der Waals surface area contributed by atoms with Gasteiger partial charge in [-0.1, -0.05) is 63.2 Å².